The summed E-state index contributed by atoms with van der Waals surface area (Å²) in [5.74, 6) is 0.690. The van der Waals surface area contributed by atoms with Crippen LogP contribution in [-0.2, 0) is 0 Å². The monoisotopic (exact) mass is 249 g/mol. The first-order valence-electron chi connectivity index (χ1n) is 6.73. The van der Waals surface area contributed by atoms with Gasteiger partial charge in [0.15, 0.2) is 0 Å². The zero-order valence-electron chi connectivity index (χ0n) is 10.7. The maximum Gasteiger partial charge on any atom is 0.259 e. The summed E-state index contributed by atoms with van der Waals surface area (Å²) >= 11 is 0. The second-order valence-electron chi connectivity index (χ2n) is 5.21. The Balaban J connectivity index is 1.78. The minimum absolute atomic E-state index is 0.0740. The van der Waals surface area contributed by atoms with Crippen LogP contribution in [0.3, 0.4) is 0 Å². The van der Waals surface area contributed by atoms with Crippen LogP contribution in [0.2, 0.25) is 0 Å². The molecule has 1 aromatic rings. The lowest BCUT2D eigenvalue weighted by Crippen LogP contribution is -2.46. The Kier molecular flexibility index (Phi) is 3.07. The van der Waals surface area contributed by atoms with Gasteiger partial charge in [0.1, 0.15) is 11.3 Å². The van der Waals surface area contributed by atoms with Crippen LogP contribution in [0.1, 0.15) is 41.8 Å². The molecule has 18 heavy (non-hydrogen) atoms. The number of hydrogen-bond acceptors (Lipinski definition) is 4. The fraction of sp³-hybridized carbons (Fsp3) is 0.692. The predicted molar refractivity (Wildman–Crippen MR) is 66.3 cm³/mol. The summed E-state index contributed by atoms with van der Waals surface area (Å²) in [5, 5.41) is 7.21. The number of hydrogen-bond donors (Lipinski definition) is 1. The lowest BCUT2D eigenvalue weighted by Gasteiger charge is -2.29. The summed E-state index contributed by atoms with van der Waals surface area (Å²) in [6.07, 6.45) is 6.13. The van der Waals surface area contributed by atoms with E-state index in [9.17, 15) is 4.79 Å². The van der Waals surface area contributed by atoms with Gasteiger partial charge in [0.05, 0.1) is 6.20 Å². The number of aryl methyl sites for hydroxylation is 1. The number of likely N-dealkylation sites (tertiary alicyclic amines) is 1. The van der Waals surface area contributed by atoms with Crippen molar-refractivity contribution in [2.24, 2.45) is 0 Å². The van der Waals surface area contributed by atoms with Crippen LogP contribution in [0.4, 0.5) is 0 Å². The fourth-order valence-electron chi connectivity index (χ4n) is 3.16. The van der Waals surface area contributed by atoms with Gasteiger partial charge in [-0.05, 0) is 39.2 Å². The summed E-state index contributed by atoms with van der Waals surface area (Å²) in [6.45, 7) is 3.72. The second kappa shape index (κ2) is 4.72. The molecule has 2 aliphatic rings. The molecule has 0 aliphatic carbocycles. The highest BCUT2D eigenvalue weighted by molar-refractivity contribution is 5.95. The lowest BCUT2D eigenvalue weighted by molar-refractivity contribution is 0.0709. The van der Waals surface area contributed by atoms with E-state index in [4.69, 9.17) is 4.52 Å². The lowest BCUT2D eigenvalue weighted by atomic mass is 10.0. The molecule has 2 atom stereocenters. The number of carbonyl (C=O) groups is 1. The number of rotatable bonds is 2. The summed E-state index contributed by atoms with van der Waals surface area (Å²) in [4.78, 5) is 14.5. The van der Waals surface area contributed by atoms with Gasteiger partial charge < -0.3 is 14.7 Å². The molecule has 1 N–H and O–H groups in total. The van der Waals surface area contributed by atoms with Gasteiger partial charge in [0.2, 0.25) is 0 Å². The molecule has 2 fully saturated rings. The van der Waals surface area contributed by atoms with Crippen LogP contribution in [0.5, 0.6) is 0 Å². The highest BCUT2D eigenvalue weighted by Crippen LogP contribution is 2.26. The predicted octanol–water partition coefficient (Wildman–Crippen LogP) is 1.34. The molecule has 3 rings (SSSR count). The van der Waals surface area contributed by atoms with Crippen molar-refractivity contribution in [2.75, 3.05) is 13.1 Å². The highest BCUT2D eigenvalue weighted by Gasteiger charge is 2.37. The minimum Gasteiger partial charge on any atom is -0.361 e. The van der Waals surface area contributed by atoms with E-state index in [1.807, 2.05) is 4.90 Å². The third kappa shape index (κ3) is 1.92. The van der Waals surface area contributed by atoms with Crippen molar-refractivity contribution >= 4 is 5.91 Å². The van der Waals surface area contributed by atoms with Gasteiger partial charge in [-0.1, -0.05) is 5.16 Å². The number of carbonyl (C=O) groups excluding carboxylic acids is 1. The molecule has 98 valence electrons. The second-order valence-corrected chi connectivity index (χ2v) is 5.21. The van der Waals surface area contributed by atoms with Crippen LogP contribution in [0.15, 0.2) is 10.7 Å². The summed E-state index contributed by atoms with van der Waals surface area (Å²) in [7, 11) is 0. The largest absolute Gasteiger partial charge is 0.361 e. The molecule has 1 amide bonds. The van der Waals surface area contributed by atoms with Gasteiger partial charge in [-0.15, -0.1) is 0 Å². The molecule has 2 unspecified atom stereocenters. The van der Waals surface area contributed by atoms with Gasteiger partial charge in [-0.25, -0.2) is 0 Å². The first kappa shape index (κ1) is 11.7. The first-order valence-corrected chi connectivity index (χ1v) is 6.73. The van der Waals surface area contributed by atoms with E-state index in [0.717, 1.165) is 25.9 Å². The van der Waals surface area contributed by atoms with Crippen LogP contribution in [0, 0.1) is 6.92 Å². The molecule has 0 bridgehead atoms. The number of nitrogens with zero attached hydrogens (tertiary/aromatic N) is 2. The zero-order valence-corrected chi connectivity index (χ0v) is 10.7. The molecule has 5 heteroatoms. The zero-order chi connectivity index (χ0) is 12.5. The van der Waals surface area contributed by atoms with E-state index in [1.54, 1.807) is 6.92 Å². The van der Waals surface area contributed by atoms with Crippen molar-refractivity contribution in [3.8, 4) is 0 Å². The van der Waals surface area contributed by atoms with Crippen LogP contribution in [0.25, 0.3) is 0 Å². The average Bonchev–Trinajstić information content (AvgIpc) is 3.09. The molecule has 0 saturated carbocycles. The van der Waals surface area contributed by atoms with Crippen molar-refractivity contribution in [1.82, 2.24) is 15.4 Å². The minimum atomic E-state index is 0.0740. The Hall–Kier alpha value is -1.36. The summed E-state index contributed by atoms with van der Waals surface area (Å²) in [6, 6.07) is 0.811. The highest BCUT2D eigenvalue weighted by atomic mass is 16.5. The third-order valence-electron chi connectivity index (χ3n) is 4.10. The molecular weight excluding hydrogens is 230 g/mol. The smallest absolute Gasteiger partial charge is 0.259 e. The Morgan fingerprint density at radius 1 is 1.50 bits per heavy atom. The van der Waals surface area contributed by atoms with E-state index in [2.05, 4.69) is 10.5 Å². The summed E-state index contributed by atoms with van der Waals surface area (Å²) in [5.41, 5.74) is 0.611. The van der Waals surface area contributed by atoms with Crippen molar-refractivity contribution in [1.29, 1.82) is 0 Å². The standard InChI is InChI=1S/C13H19N3O2/c1-9-10(8-15-18-9)13(17)16-7-3-5-12(16)11-4-2-6-14-11/h8,11-12,14H,2-7H2,1H3. The van der Waals surface area contributed by atoms with E-state index in [0.29, 0.717) is 23.4 Å². The van der Waals surface area contributed by atoms with Gasteiger partial charge in [-0.3, -0.25) is 4.79 Å². The van der Waals surface area contributed by atoms with Crippen LogP contribution >= 0.6 is 0 Å². The van der Waals surface area contributed by atoms with Crippen molar-refractivity contribution in [2.45, 2.75) is 44.7 Å². The average molecular weight is 249 g/mol. The summed E-state index contributed by atoms with van der Waals surface area (Å²) < 4.78 is 4.99. The Morgan fingerprint density at radius 2 is 2.39 bits per heavy atom. The maximum absolute atomic E-state index is 12.5. The quantitative estimate of drug-likeness (QED) is 0.859. The number of amides is 1. The number of nitrogens with one attached hydrogen (secondary N) is 1. The van der Waals surface area contributed by atoms with Gasteiger partial charge in [-0.2, -0.15) is 0 Å². The first-order chi connectivity index (χ1) is 8.77. The molecule has 5 nitrogen and oxygen atoms in total. The molecule has 0 aromatic carbocycles. The van der Waals surface area contributed by atoms with E-state index in [-0.39, 0.29) is 5.91 Å². The Morgan fingerprint density at radius 3 is 3.06 bits per heavy atom. The van der Waals surface area contributed by atoms with Crippen LogP contribution in [-0.4, -0.2) is 41.1 Å². The molecule has 3 heterocycles. The SMILES string of the molecule is Cc1oncc1C(=O)N1CCCC1C1CCCN1. The van der Waals surface area contributed by atoms with Crippen molar-refractivity contribution in [3.63, 3.8) is 0 Å². The molecule has 0 spiro atoms. The molecule has 2 saturated heterocycles. The van der Waals surface area contributed by atoms with Gasteiger partial charge in [0, 0.05) is 18.6 Å². The maximum atomic E-state index is 12.5. The number of aromatic nitrogens is 1. The Labute approximate surface area is 107 Å². The van der Waals surface area contributed by atoms with E-state index in [1.165, 1.54) is 19.0 Å². The topological polar surface area (TPSA) is 58.4 Å². The van der Waals surface area contributed by atoms with Crippen LogP contribution < -0.4 is 5.32 Å². The van der Waals surface area contributed by atoms with E-state index >= 15 is 0 Å². The Bertz CT molecular complexity index is 437. The van der Waals surface area contributed by atoms with Gasteiger partial charge >= 0.3 is 0 Å². The van der Waals surface area contributed by atoms with Crippen molar-refractivity contribution < 1.29 is 9.32 Å². The third-order valence-corrected chi connectivity index (χ3v) is 4.10. The van der Waals surface area contributed by atoms with Gasteiger partial charge in [0.25, 0.3) is 5.91 Å². The molecule has 1 aromatic heterocycles. The molecule has 2 aliphatic heterocycles. The van der Waals surface area contributed by atoms with Crippen molar-refractivity contribution in [3.05, 3.63) is 17.5 Å². The molecular formula is C13H19N3O2. The fourth-order valence-corrected chi connectivity index (χ4v) is 3.16. The normalized spacial score (nSPS) is 27.9. The van der Waals surface area contributed by atoms with E-state index < -0.39 is 0 Å². The molecule has 0 radical (unpaired) electrons.